The molecule has 2 aromatic heterocycles. The second-order valence-electron chi connectivity index (χ2n) is 7.16. The van der Waals surface area contributed by atoms with E-state index in [1.54, 1.807) is 6.20 Å². The van der Waals surface area contributed by atoms with Crippen LogP contribution in [0.1, 0.15) is 5.56 Å². The van der Waals surface area contributed by atoms with E-state index >= 15 is 0 Å². The van der Waals surface area contributed by atoms with Crippen molar-refractivity contribution in [2.24, 2.45) is 5.92 Å². The van der Waals surface area contributed by atoms with Crippen molar-refractivity contribution in [1.82, 2.24) is 20.3 Å². The number of aromatic amines is 1. The van der Waals surface area contributed by atoms with Gasteiger partial charge in [-0.15, -0.1) is 0 Å². The zero-order valence-corrected chi connectivity index (χ0v) is 16.5. The number of nitrogens with zero attached hydrogens (tertiary/aromatic N) is 2. The summed E-state index contributed by atoms with van der Waals surface area (Å²) >= 11 is 0. The summed E-state index contributed by atoms with van der Waals surface area (Å²) in [6, 6.07) is 5.73. The van der Waals surface area contributed by atoms with Crippen LogP contribution in [0, 0.1) is 5.92 Å². The molecule has 0 bridgehead atoms. The van der Waals surface area contributed by atoms with Gasteiger partial charge >= 0.3 is 6.18 Å². The van der Waals surface area contributed by atoms with E-state index in [1.165, 1.54) is 0 Å². The minimum Gasteiger partial charge on any atom is -0.360 e. The molecule has 3 heterocycles. The molecule has 1 aliphatic rings. The minimum atomic E-state index is -4.53. The van der Waals surface area contributed by atoms with Crippen molar-refractivity contribution in [2.75, 3.05) is 38.3 Å². The Morgan fingerprint density at radius 2 is 2.04 bits per heavy atom. The fourth-order valence-electron chi connectivity index (χ4n) is 3.32. The van der Waals surface area contributed by atoms with Crippen molar-refractivity contribution in [1.29, 1.82) is 0 Å². The maximum Gasteiger partial charge on any atom is 0.419 e. The fraction of sp³-hybridized carbons (Fsp3) is 0.368. The maximum absolute atomic E-state index is 13.6. The Hall–Kier alpha value is -2.18. The lowest BCUT2D eigenvalue weighted by Gasteiger charge is -2.27. The molecule has 9 heteroatoms. The summed E-state index contributed by atoms with van der Waals surface area (Å²) in [5.41, 5.74) is 0.383. The average molecular weight is 407 g/mol. The van der Waals surface area contributed by atoms with Gasteiger partial charge in [-0.3, -0.25) is 0 Å². The van der Waals surface area contributed by atoms with Crippen LogP contribution in [0.5, 0.6) is 0 Å². The first-order valence-corrected chi connectivity index (χ1v) is 11.2. The first-order valence-electron chi connectivity index (χ1n) is 9.01. The number of alkyl halides is 3. The normalized spacial score (nSPS) is 15.2. The molecule has 28 heavy (non-hydrogen) atoms. The van der Waals surface area contributed by atoms with Gasteiger partial charge in [-0.25, -0.2) is 9.97 Å². The van der Waals surface area contributed by atoms with Crippen molar-refractivity contribution in [2.45, 2.75) is 6.18 Å². The van der Waals surface area contributed by atoms with Crippen LogP contribution >= 0.6 is 7.92 Å². The number of hydrogen-bond acceptors (Lipinski definition) is 4. The predicted octanol–water partition coefficient (Wildman–Crippen LogP) is 3.64. The van der Waals surface area contributed by atoms with Crippen LogP contribution in [0.15, 0.2) is 30.6 Å². The van der Waals surface area contributed by atoms with Crippen LogP contribution in [0.4, 0.5) is 19.1 Å². The average Bonchev–Trinajstić information content (AvgIpc) is 3.03. The number of anilines is 1. The second kappa shape index (κ2) is 7.33. The van der Waals surface area contributed by atoms with Crippen molar-refractivity contribution in [3.8, 4) is 11.3 Å². The smallest absolute Gasteiger partial charge is 0.360 e. The molecule has 0 radical (unpaired) electrons. The highest BCUT2D eigenvalue weighted by atomic mass is 31.1. The molecule has 0 spiro atoms. The zero-order valence-electron chi connectivity index (χ0n) is 15.6. The zero-order chi connectivity index (χ0) is 19.9. The highest BCUT2D eigenvalue weighted by Gasteiger charge is 2.36. The largest absolute Gasteiger partial charge is 0.419 e. The standard InChI is InChI=1S/C19H21F3N5P/c1-28(2)15-5-3-4-12-13(9-24-17(12)15)16-14(19(20,21)22)10-26-18(27-16)25-8-11-6-23-7-11/h3-5,9-11,23-24H,6-8H2,1-2H3,(H,25,26,27). The van der Waals surface area contributed by atoms with Gasteiger partial charge in [0.15, 0.2) is 0 Å². The van der Waals surface area contributed by atoms with Gasteiger partial charge in [0.2, 0.25) is 5.95 Å². The van der Waals surface area contributed by atoms with Gasteiger partial charge in [-0.1, -0.05) is 26.1 Å². The van der Waals surface area contributed by atoms with Gasteiger partial charge in [0.05, 0.1) is 11.2 Å². The fourth-order valence-corrected chi connectivity index (χ4v) is 4.33. The molecule has 1 aromatic carbocycles. The molecule has 0 aliphatic carbocycles. The number of para-hydroxylation sites is 1. The number of benzene rings is 1. The van der Waals surface area contributed by atoms with E-state index in [2.05, 4.69) is 38.9 Å². The van der Waals surface area contributed by atoms with Crippen LogP contribution in [0.25, 0.3) is 22.2 Å². The molecule has 3 N–H and O–H groups in total. The third-order valence-electron chi connectivity index (χ3n) is 4.94. The SMILES string of the molecule is CP(C)c1cccc2c(-c3nc(NCC4CNC4)ncc3C(F)(F)F)c[nH]c12. The highest BCUT2D eigenvalue weighted by Crippen LogP contribution is 2.39. The number of hydrogen-bond donors (Lipinski definition) is 3. The lowest BCUT2D eigenvalue weighted by Crippen LogP contribution is -2.45. The summed E-state index contributed by atoms with van der Waals surface area (Å²) in [5.74, 6) is 0.659. The van der Waals surface area contributed by atoms with Crippen LogP contribution < -0.4 is 15.9 Å². The van der Waals surface area contributed by atoms with Crippen molar-refractivity contribution >= 4 is 30.1 Å². The van der Waals surface area contributed by atoms with Crippen LogP contribution in [-0.2, 0) is 6.18 Å². The molecule has 4 rings (SSSR count). The molecular weight excluding hydrogens is 386 g/mol. The molecule has 1 saturated heterocycles. The quantitative estimate of drug-likeness (QED) is 0.565. The van der Waals surface area contributed by atoms with Gasteiger partial charge in [0, 0.05) is 48.9 Å². The van der Waals surface area contributed by atoms with E-state index in [0.717, 1.165) is 35.5 Å². The molecule has 148 valence electrons. The summed E-state index contributed by atoms with van der Waals surface area (Å²) in [5, 5.41) is 8.10. The molecule has 0 saturated carbocycles. The number of fused-ring (bicyclic) bond motifs is 1. The van der Waals surface area contributed by atoms with Gasteiger partial charge in [-0.05, 0) is 18.6 Å². The number of nitrogens with one attached hydrogen (secondary N) is 3. The number of rotatable bonds is 5. The van der Waals surface area contributed by atoms with Crippen LogP contribution in [-0.4, -0.2) is 47.9 Å². The lowest BCUT2D eigenvalue weighted by molar-refractivity contribution is -0.137. The molecule has 0 amide bonds. The molecule has 3 aromatic rings. The van der Waals surface area contributed by atoms with Gasteiger partial charge in [0.1, 0.15) is 5.56 Å². The molecule has 0 unspecified atom stereocenters. The number of H-pyrrole nitrogens is 1. The summed E-state index contributed by atoms with van der Waals surface area (Å²) in [6.45, 7) is 6.65. The topological polar surface area (TPSA) is 65.6 Å². The number of aromatic nitrogens is 3. The Morgan fingerprint density at radius 3 is 2.68 bits per heavy atom. The summed E-state index contributed by atoms with van der Waals surface area (Å²) in [7, 11) is -0.401. The van der Waals surface area contributed by atoms with Gasteiger partial charge in [0.25, 0.3) is 0 Å². The molecule has 1 fully saturated rings. The van der Waals surface area contributed by atoms with E-state index in [0.29, 0.717) is 18.0 Å². The van der Waals surface area contributed by atoms with Gasteiger partial charge < -0.3 is 15.6 Å². The molecule has 0 atom stereocenters. The van der Waals surface area contributed by atoms with Crippen LogP contribution in [0.3, 0.4) is 0 Å². The van der Waals surface area contributed by atoms with E-state index in [4.69, 9.17) is 0 Å². The molecule has 1 aliphatic heterocycles. The van der Waals surface area contributed by atoms with Crippen LogP contribution in [0.2, 0.25) is 0 Å². The summed E-state index contributed by atoms with van der Waals surface area (Å²) in [4.78, 5) is 11.3. The Balaban J connectivity index is 1.80. The summed E-state index contributed by atoms with van der Waals surface area (Å²) < 4.78 is 40.9. The maximum atomic E-state index is 13.6. The third-order valence-corrected chi connectivity index (χ3v) is 6.28. The Morgan fingerprint density at radius 1 is 1.25 bits per heavy atom. The third kappa shape index (κ3) is 3.59. The van der Waals surface area contributed by atoms with Crippen molar-refractivity contribution < 1.29 is 13.2 Å². The van der Waals surface area contributed by atoms with Gasteiger partial charge in [-0.2, -0.15) is 13.2 Å². The summed E-state index contributed by atoms with van der Waals surface area (Å²) in [6.07, 6.45) is -2.04. The number of halogens is 3. The van der Waals surface area contributed by atoms with Crippen molar-refractivity contribution in [3.05, 3.63) is 36.2 Å². The Kier molecular flexibility index (Phi) is 5.02. The molecular formula is C19H21F3N5P. The molecule has 5 nitrogen and oxygen atoms in total. The van der Waals surface area contributed by atoms with E-state index < -0.39 is 19.7 Å². The first-order chi connectivity index (χ1) is 13.3. The Bertz CT molecular complexity index is 995. The van der Waals surface area contributed by atoms with E-state index in [-0.39, 0.29) is 11.6 Å². The highest BCUT2D eigenvalue weighted by molar-refractivity contribution is 7.64. The lowest BCUT2D eigenvalue weighted by atomic mass is 10.0. The Labute approximate surface area is 161 Å². The second-order valence-corrected chi connectivity index (χ2v) is 9.43. The van der Waals surface area contributed by atoms with E-state index in [1.807, 2.05) is 18.2 Å². The minimum absolute atomic E-state index is 0.100. The van der Waals surface area contributed by atoms with Crippen molar-refractivity contribution in [3.63, 3.8) is 0 Å². The predicted molar refractivity (Wildman–Crippen MR) is 108 cm³/mol. The first kappa shape index (κ1) is 19.2. The monoisotopic (exact) mass is 407 g/mol. The van der Waals surface area contributed by atoms with E-state index in [9.17, 15) is 13.2 Å².